The van der Waals surface area contributed by atoms with Crippen LogP contribution in [0.2, 0.25) is 20.1 Å². The van der Waals surface area contributed by atoms with Crippen LogP contribution in [0.25, 0.3) is 5.57 Å². The van der Waals surface area contributed by atoms with Gasteiger partial charge < -0.3 is 10.0 Å². The third-order valence-electron chi connectivity index (χ3n) is 6.77. The Labute approximate surface area is 308 Å². The van der Waals surface area contributed by atoms with Crippen molar-refractivity contribution in [1.82, 2.24) is 0 Å². The number of hydrogen-bond donors (Lipinski definition) is 1. The quantitative estimate of drug-likeness (QED) is 0.126. The normalized spacial score (nSPS) is 15.6. The van der Waals surface area contributed by atoms with E-state index in [2.05, 4.69) is 61.7 Å². The first-order valence-corrected chi connectivity index (χ1v) is 16.7. The summed E-state index contributed by atoms with van der Waals surface area (Å²) in [6.45, 7) is 8.97. The van der Waals surface area contributed by atoms with Crippen molar-refractivity contribution in [1.29, 1.82) is 0 Å². The lowest BCUT2D eigenvalue weighted by molar-refractivity contribution is -0.0686. The van der Waals surface area contributed by atoms with Gasteiger partial charge in [-0.25, -0.2) is 0 Å². The van der Waals surface area contributed by atoms with E-state index in [-0.39, 0.29) is 15.6 Å². The fraction of sp³-hybridized carbons (Fsp3) is 0.176. The van der Waals surface area contributed by atoms with E-state index < -0.39 is 17.4 Å². The van der Waals surface area contributed by atoms with Crippen molar-refractivity contribution in [3.63, 3.8) is 0 Å². The van der Waals surface area contributed by atoms with Crippen molar-refractivity contribution < 1.29 is 23.2 Å². The molecule has 0 aromatic heterocycles. The van der Waals surface area contributed by atoms with E-state index in [1.165, 1.54) is 30.0 Å². The molecule has 0 radical (unpaired) electrons. The molecule has 5 rings (SSSR count). The number of halogens is 9. The highest BCUT2D eigenvalue weighted by Crippen LogP contribution is 2.39. The zero-order valence-corrected chi connectivity index (χ0v) is 31.3. The van der Waals surface area contributed by atoms with E-state index in [4.69, 9.17) is 56.4 Å². The molecule has 0 amide bonds. The SMILES string of the molecule is C=C(c1cc(Cl)cc(Cl)c1)C(F)(F)F.Cc1cc(/C=N/O)ccc1Br.Cc1cc(C2=NOC(C)(c3cc(Cl)cc(Cl)c3)C2)ccc1Br. The smallest absolute Gasteiger partial charge is 0.411 e. The summed E-state index contributed by atoms with van der Waals surface area (Å²) in [7, 11) is 0. The molecule has 248 valence electrons. The predicted molar refractivity (Wildman–Crippen MR) is 195 cm³/mol. The summed E-state index contributed by atoms with van der Waals surface area (Å²) in [6.07, 6.45) is -2.39. The molecule has 0 fully saturated rings. The van der Waals surface area contributed by atoms with Gasteiger partial charge in [0.1, 0.15) is 0 Å². The van der Waals surface area contributed by atoms with Crippen molar-refractivity contribution in [3.05, 3.63) is 142 Å². The third kappa shape index (κ3) is 11.3. The van der Waals surface area contributed by atoms with Gasteiger partial charge in [0.25, 0.3) is 0 Å². The van der Waals surface area contributed by atoms with Crippen LogP contribution in [0.1, 0.15) is 46.7 Å². The van der Waals surface area contributed by atoms with E-state index in [1.807, 2.05) is 56.3 Å². The first-order chi connectivity index (χ1) is 21.9. The molecular formula is C34H27Br2Cl4F3N2O2. The van der Waals surface area contributed by atoms with Crippen LogP contribution in [0.3, 0.4) is 0 Å². The van der Waals surface area contributed by atoms with Crippen LogP contribution in [0.15, 0.2) is 98.6 Å². The largest absolute Gasteiger partial charge is 0.416 e. The lowest BCUT2D eigenvalue weighted by Crippen LogP contribution is -2.22. The minimum absolute atomic E-state index is 0.116. The number of hydrogen-bond acceptors (Lipinski definition) is 4. The number of benzene rings is 4. The van der Waals surface area contributed by atoms with Crippen LogP contribution >= 0.6 is 78.3 Å². The average Bonchev–Trinajstić information content (AvgIpc) is 3.39. The van der Waals surface area contributed by atoms with E-state index in [0.29, 0.717) is 16.5 Å². The molecule has 4 aromatic rings. The van der Waals surface area contributed by atoms with Gasteiger partial charge in [-0.3, -0.25) is 0 Å². The maximum atomic E-state index is 12.2. The number of allylic oxidation sites excluding steroid dienone is 1. The first-order valence-electron chi connectivity index (χ1n) is 13.6. The highest BCUT2D eigenvalue weighted by molar-refractivity contribution is 9.10. The Bertz CT molecular complexity index is 1790. The summed E-state index contributed by atoms with van der Waals surface area (Å²) in [5.41, 5.74) is 4.49. The van der Waals surface area contributed by atoms with E-state index in [0.717, 1.165) is 36.9 Å². The fourth-order valence-electron chi connectivity index (χ4n) is 4.24. The second-order valence-corrected chi connectivity index (χ2v) is 14.0. The summed E-state index contributed by atoms with van der Waals surface area (Å²) in [5.74, 6) is 0. The molecule has 4 aromatic carbocycles. The molecule has 0 saturated heterocycles. The van der Waals surface area contributed by atoms with Crippen molar-refractivity contribution in [2.75, 3.05) is 0 Å². The maximum Gasteiger partial charge on any atom is 0.416 e. The Hall–Kier alpha value is -2.53. The molecule has 0 spiro atoms. The molecule has 1 atom stereocenters. The molecule has 13 heteroatoms. The van der Waals surface area contributed by atoms with Gasteiger partial charge in [0.2, 0.25) is 0 Å². The van der Waals surface area contributed by atoms with Crippen LogP contribution in [0.5, 0.6) is 0 Å². The molecular weight excluding hydrogens is 827 g/mol. The van der Waals surface area contributed by atoms with E-state index in [9.17, 15) is 13.2 Å². The van der Waals surface area contributed by atoms with Crippen LogP contribution in [0, 0.1) is 13.8 Å². The minimum atomic E-state index is -4.46. The molecule has 1 unspecified atom stereocenters. The number of alkyl halides is 3. The van der Waals surface area contributed by atoms with Gasteiger partial charge in [0, 0.05) is 41.0 Å². The van der Waals surface area contributed by atoms with E-state index in [1.54, 1.807) is 6.07 Å². The highest BCUT2D eigenvalue weighted by atomic mass is 79.9. The van der Waals surface area contributed by atoms with Gasteiger partial charge in [-0.1, -0.05) is 107 Å². The first kappa shape index (κ1) is 38.9. The third-order valence-corrected chi connectivity index (χ3v) is 9.42. The fourth-order valence-corrected chi connectivity index (χ4v) is 5.78. The summed E-state index contributed by atoms with van der Waals surface area (Å²) in [6, 6.07) is 21.1. The Kier molecular flexibility index (Phi) is 13.8. The highest BCUT2D eigenvalue weighted by Gasteiger charge is 2.37. The molecule has 0 saturated carbocycles. The van der Waals surface area contributed by atoms with E-state index >= 15 is 0 Å². The van der Waals surface area contributed by atoms with Gasteiger partial charge in [-0.2, -0.15) is 13.2 Å². The average molecular weight is 854 g/mol. The number of oxime groups is 2. The van der Waals surface area contributed by atoms with Gasteiger partial charge >= 0.3 is 6.18 Å². The summed E-state index contributed by atoms with van der Waals surface area (Å²) in [4.78, 5) is 5.73. The second kappa shape index (κ2) is 16.7. The number of rotatable bonds is 4. The lowest BCUT2D eigenvalue weighted by Gasteiger charge is -2.22. The number of aryl methyl sites for hydroxylation is 2. The van der Waals surface area contributed by atoms with Crippen molar-refractivity contribution in [2.24, 2.45) is 10.3 Å². The van der Waals surface area contributed by atoms with Gasteiger partial charge in [-0.05, 0) is 109 Å². The predicted octanol–water partition coefficient (Wildman–Crippen LogP) is 13.2. The summed E-state index contributed by atoms with van der Waals surface area (Å²) >= 11 is 30.2. The van der Waals surface area contributed by atoms with Crippen LogP contribution < -0.4 is 0 Å². The molecule has 0 bridgehead atoms. The molecule has 1 aliphatic rings. The van der Waals surface area contributed by atoms with Crippen LogP contribution in [-0.2, 0) is 10.4 Å². The monoisotopic (exact) mass is 850 g/mol. The van der Waals surface area contributed by atoms with Crippen LogP contribution in [-0.4, -0.2) is 23.3 Å². The summed E-state index contributed by atoms with van der Waals surface area (Å²) < 4.78 is 38.8. The Morgan fingerprint density at radius 2 is 1.38 bits per heavy atom. The van der Waals surface area contributed by atoms with Gasteiger partial charge in [0.05, 0.1) is 17.5 Å². The zero-order chi connectivity index (χ0) is 35.1. The van der Waals surface area contributed by atoms with Crippen molar-refractivity contribution in [2.45, 2.75) is 39.0 Å². The minimum Gasteiger partial charge on any atom is -0.411 e. The lowest BCUT2D eigenvalue weighted by atomic mass is 9.89. The molecule has 47 heavy (non-hydrogen) atoms. The second-order valence-electron chi connectivity index (χ2n) is 10.5. The van der Waals surface area contributed by atoms with Crippen molar-refractivity contribution >= 4 is 95.8 Å². The Morgan fingerprint density at radius 1 is 0.872 bits per heavy atom. The molecule has 0 aliphatic carbocycles. The number of nitrogens with zero attached hydrogens (tertiary/aromatic N) is 2. The molecule has 1 heterocycles. The standard InChI is InChI=1S/C17H14BrCl2NO.C9H5Cl2F3.C8H8BrNO/c1-10-5-11(3-4-15(10)18)16-9-17(2,22-21-16)12-6-13(19)8-14(20)7-12;1-5(9(12,13)14)6-2-7(10)4-8(11)3-6;1-6-4-7(5-10-11)2-3-8(6)9/h3-8H,9H2,1-2H3;2-4H,1H2;2-5,11H,1H3/b;;10-5+. The van der Waals surface area contributed by atoms with Gasteiger partial charge in [0.15, 0.2) is 5.60 Å². The van der Waals surface area contributed by atoms with Crippen molar-refractivity contribution in [3.8, 4) is 0 Å². The Balaban J connectivity index is 0.000000207. The topological polar surface area (TPSA) is 54.2 Å². The van der Waals surface area contributed by atoms with Crippen LogP contribution in [0.4, 0.5) is 13.2 Å². The zero-order valence-electron chi connectivity index (χ0n) is 25.1. The molecule has 1 aliphatic heterocycles. The molecule has 1 N–H and O–H groups in total. The maximum absolute atomic E-state index is 12.2. The van der Waals surface area contributed by atoms with Gasteiger partial charge in [-0.15, -0.1) is 0 Å². The Morgan fingerprint density at radius 3 is 1.87 bits per heavy atom. The molecule has 4 nitrogen and oxygen atoms in total. The summed E-state index contributed by atoms with van der Waals surface area (Å²) in [5, 5.41) is 17.0.